The van der Waals surface area contributed by atoms with Crippen molar-refractivity contribution >= 4 is 15.9 Å². The number of hydrogen-bond donors (Lipinski definition) is 1. The van der Waals surface area contributed by atoms with Crippen LogP contribution in [0.2, 0.25) is 0 Å². The summed E-state index contributed by atoms with van der Waals surface area (Å²) in [5, 5.41) is 3.48. The van der Waals surface area contributed by atoms with Crippen LogP contribution in [-0.2, 0) is 0 Å². The predicted molar refractivity (Wildman–Crippen MR) is 68.3 cm³/mol. The highest BCUT2D eigenvalue weighted by Crippen LogP contribution is 2.07. The highest BCUT2D eigenvalue weighted by molar-refractivity contribution is 9.09. The van der Waals surface area contributed by atoms with E-state index in [1.165, 1.54) is 19.4 Å². The molecule has 1 atom stereocenters. The van der Waals surface area contributed by atoms with Crippen LogP contribution in [0.3, 0.4) is 0 Å². The molecule has 86 valence electrons. The van der Waals surface area contributed by atoms with E-state index < -0.39 is 0 Å². The third-order valence-electron chi connectivity index (χ3n) is 2.58. The van der Waals surface area contributed by atoms with Crippen LogP contribution < -0.4 is 5.32 Å². The fourth-order valence-corrected chi connectivity index (χ4v) is 1.59. The Morgan fingerprint density at radius 2 is 1.79 bits per heavy atom. The van der Waals surface area contributed by atoms with Gasteiger partial charge in [-0.1, -0.05) is 36.7 Å². The summed E-state index contributed by atoms with van der Waals surface area (Å²) >= 11 is 3.63. The van der Waals surface area contributed by atoms with E-state index >= 15 is 0 Å². The monoisotopic (exact) mass is 264 g/mol. The van der Waals surface area contributed by atoms with Gasteiger partial charge in [0.15, 0.2) is 0 Å². The van der Waals surface area contributed by atoms with Gasteiger partial charge in [0, 0.05) is 17.9 Å². The summed E-state index contributed by atoms with van der Waals surface area (Å²) in [4.78, 5) is 3.13. The minimum Gasteiger partial charge on any atom is -0.315 e. The lowest BCUT2D eigenvalue weighted by Crippen LogP contribution is -2.32. The lowest BCUT2D eigenvalue weighted by atomic mass is 10.2. The fraction of sp³-hybridized carbons (Fsp3) is 1.00. The van der Waals surface area contributed by atoms with Crippen molar-refractivity contribution in [1.29, 1.82) is 0 Å². The van der Waals surface area contributed by atoms with Gasteiger partial charge in [-0.2, -0.15) is 0 Å². The summed E-state index contributed by atoms with van der Waals surface area (Å²) in [7, 11) is 0. The molecule has 0 amide bonds. The van der Waals surface area contributed by atoms with E-state index in [9.17, 15) is 0 Å². The Labute approximate surface area is 97.6 Å². The van der Waals surface area contributed by atoms with Crippen molar-refractivity contribution in [2.75, 3.05) is 32.7 Å². The Hall–Kier alpha value is 0.400. The molecular formula is C11H25BrN2. The van der Waals surface area contributed by atoms with Crippen LogP contribution in [0.4, 0.5) is 0 Å². The van der Waals surface area contributed by atoms with Crippen LogP contribution in [0.15, 0.2) is 0 Å². The SMILES string of the molecule is CCC(Br)CCNCCN(CC)CC. The van der Waals surface area contributed by atoms with Crippen LogP contribution in [0, 0.1) is 0 Å². The molecule has 0 heterocycles. The molecule has 0 fully saturated rings. The third-order valence-corrected chi connectivity index (χ3v) is 3.68. The van der Waals surface area contributed by atoms with Gasteiger partial charge >= 0.3 is 0 Å². The summed E-state index contributed by atoms with van der Waals surface area (Å²) in [6.45, 7) is 12.4. The van der Waals surface area contributed by atoms with E-state index in [1.807, 2.05) is 0 Å². The zero-order valence-electron chi connectivity index (χ0n) is 9.85. The normalized spacial score (nSPS) is 13.5. The molecule has 0 aromatic heterocycles. The molecule has 1 unspecified atom stereocenters. The molecule has 3 heteroatoms. The molecule has 0 spiro atoms. The zero-order valence-corrected chi connectivity index (χ0v) is 11.4. The van der Waals surface area contributed by atoms with E-state index in [0.29, 0.717) is 4.83 Å². The van der Waals surface area contributed by atoms with Crippen LogP contribution in [0.5, 0.6) is 0 Å². The van der Waals surface area contributed by atoms with Crippen molar-refractivity contribution in [3.63, 3.8) is 0 Å². The maximum Gasteiger partial charge on any atom is 0.0155 e. The Morgan fingerprint density at radius 1 is 1.14 bits per heavy atom. The molecule has 0 radical (unpaired) electrons. The molecule has 0 aliphatic rings. The largest absolute Gasteiger partial charge is 0.315 e. The quantitative estimate of drug-likeness (QED) is 0.509. The Bertz CT molecular complexity index is 116. The van der Waals surface area contributed by atoms with Gasteiger partial charge in [0.2, 0.25) is 0 Å². The van der Waals surface area contributed by atoms with Crippen LogP contribution in [0.25, 0.3) is 0 Å². The smallest absolute Gasteiger partial charge is 0.0155 e. The van der Waals surface area contributed by atoms with Crippen molar-refractivity contribution in [2.24, 2.45) is 0 Å². The molecule has 0 aliphatic heterocycles. The molecule has 0 aromatic rings. The minimum atomic E-state index is 0.684. The van der Waals surface area contributed by atoms with E-state index in [2.05, 4.69) is 46.9 Å². The van der Waals surface area contributed by atoms with E-state index in [1.54, 1.807) is 0 Å². The van der Waals surface area contributed by atoms with Gasteiger partial charge in [-0.25, -0.2) is 0 Å². The first-order valence-electron chi connectivity index (χ1n) is 5.81. The maximum absolute atomic E-state index is 3.63. The Kier molecular flexibility index (Phi) is 10.2. The Morgan fingerprint density at radius 3 is 2.29 bits per heavy atom. The van der Waals surface area contributed by atoms with Gasteiger partial charge in [-0.05, 0) is 32.5 Å². The Balaban J connectivity index is 3.20. The van der Waals surface area contributed by atoms with Crippen molar-refractivity contribution in [3.8, 4) is 0 Å². The van der Waals surface area contributed by atoms with Crippen molar-refractivity contribution in [3.05, 3.63) is 0 Å². The number of alkyl halides is 1. The van der Waals surface area contributed by atoms with Gasteiger partial charge in [-0.3, -0.25) is 0 Å². The minimum absolute atomic E-state index is 0.684. The summed E-state index contributed by atoms with van der Waals surface area (Å²) in [5.74, 6) is 0. The first-order valence-corrected chi connectivity index (χ1v) is 6.73. The zero-order chi connectivity index (χ0) is 10.8. The van der Waals surface area contributed by atoms with Crippen molar-refractivity contribution in [2.45, 2.75) is 38.4 Å². The second kappa shape index (κ2) is 9.94. The van der Waals surface area contributed by atoms with E-state index in [0.717, 1.165) is 26.2 Å². The van der Waals surface area contributed by atoms with E-state index in [4.69, 9.17) is 0 Å². The highest BCUT2D eigenvalue weighted by Gasteiger charge is 2.00. The van der Waals surface area contributed by atoms with Crippen molar-refractivity contribution in [1.82, 2.24) is 10.2 Å². The van der Waals surface area contributed by atoms with Crippen molar-refractivity contribution < 1.29 is 0 Å². The number of rotatable bonds is 9. The molecule has 0 rings (SSSR count). The summed E-state index contributed by atoms with van der Waals surface area (Å²) in [6, 6.07) is 0. The number of likely N-dealkylation sites (N-methyl/N-ethyl adjacent to an activating group) is 1. The molecule has 0 bridgehead atoms. The predicted octanol–water partition coefficient (Wildman–Crippen LogP) is 2.48. The number of nitrogens with one attached hydrogen (secondary N) is 1. The lowest BCUT2D eigenvalue weighted by molar-refractivity contribution is 0.302. The average molecular weight is 265 g/mol. The second-order valence-electron chi connectivity index (χ2n) is 3.57. The molecule has 1 N–H and O–H groups in total. The number of halogens is 1. The number of nitrogens with zero attached hydrogens (tertiary/aromatic N) is 1. The third kappa shape index (κ3) is 7.77. The fourth-order valence-electron chi connectivity index (χ4n) is 1.36. The summed E-state index contributed by atoms with van der Waals surface area (Å²) < 4.78 is 0. The molecular weight excluding hydrogens is 240 g/mol. The maximum atomic E-state index is 3.63. The topological polar surface area (TPSA) is 15.3 Å². The van der Waals surface area contributed by atoms with Gasteiger partial charge in [-0.15, -0.1) is 0 Å². The van der Waals surface area contributed by atoms with Crippen LogP contribution >= 0.6 is 15.9 Å². The first-order chi connectivity index (χ1) is 6.74. The molecule has 0 aliphatic carbocycles. The van der Waals surface area contributed by atoms with Crippen LogP contribution in [0.1, 0.15) is 33.6 Å². The van der Waals surface area contributed by atoms with E-state index in [-0.39, 0.29) is 0 Å². The molecule has 0 saturated carbocycles. The van der Waals surface area contributed by atoms with Gasteiger partial charge < -0.3 is 10.2 Å². The summed E-state index contributed by atoms with van der Waals surface area (Å²) in [5.41, 5.74) is 0. The lowest BCUT2D eigenvalue weighted by Gasteiger charge is -2.18. The summed E-state index contributed by atoms with van der Waals surface area (Å²) in [6.07, 6.45) is 2.45. The molecule has 0 saturated heterocycles. The standard InChI is InChI=1S/C11H25BrN2/c1-4-11(12)7-8-13-9-10-14(5-2)6-3/h11,13H,4-10H2,1-3H3. The number of hydrogen-bond acceptors (Lipinski definition) is 2. The first kappa shape index (κ1) is 14.4. The van der Waals surface area contributed by atoms with Gasteiger partial charge in [0.1, 0.15) is 0 Å². The van der Waals surface area contributed by atoms with Gasteiger partial charge in [0.25, 0.3) is 0 Å². The molecule has 2 nitrogen and oxygen atoms in total. The van der Waals surface area contributed by atoms with Crippen LogP contribution in [-0.4, -0.2) is 42.5 Å². The highest BCUT2D eigenvalue weighted by atomic mass is 79.9. The average Bonchev–Trinajstić information content (AvgIpc) is 2.23. The molecule has 14 heavy (non-hydrogen) atoms. The molecule has 0 aromatic carbocycles. The second-order valence-corrected chi connectivity index (χ2v) is 4.87. The van der Waals surface area contributed by atoms with Gasteiger partial charge in [0.05, 0.1) is 0 Å².